The molecule has 1 aliphatic heterocycles. The van der Waals surface area contributed by atoms with E-state index in [9.17, 15) is 4.79 Å². The van der Waals surface area contributed by atoms with Gasteiger partial charge in [0.05, 0.1) is 5.69 Å². The summed E-state index contributed by atoms with van der Waals surface area (Å²) in [5, 5.41) is 12.7. The lowest BCUT2D eigenvalue weighted by atomic mass is 10.0. The highest BCUT2D eigenvalue weighted by molar-refractivity contribution is 5.86. The molecule has 0 amide bonds. The Morgan fingerprint density at radius 1 is 1.41 bits per heavy atom. The fourth-order valence-electron chi connectivity index (χ4n) is 2.62. The molecule has 3 rings (SSSR count). The van der Waals surface area contributed by atoms with Gasteiger partial charge in [0, 0.05) is 18.6 Å². The van der Waals surface area contributed by atoms with Crippen LogP contribution in [0.4, 0.5) is 0 Å². The molecule has 1 aromatic rings. The van der Waals surface area contributed by atoms with Gasteiger partial charge < -0.3 is 15.0 Å². The monoisotopic (exact) mass is 235 g/mol. The quantitative estimate of drug-likeness (QED) is 0.818. The highest BCUT2D eigenvalue weighted by atomic mass is 16.4. The maximum absolute atomic E-state index is 11.1. The van der Waals surface area contributed by atoms with E-state index in [1.165, 1.54) is 12.8 Å². The lowest BCUT2D eigenvalue weighted by molar-refractivity contribution is 0.0689. The van der Waals surface area contributed by atoms with E-state index >= 15 is 0 Å². The minimum atomic E-state index is -0.907. The van der Waals surface area contributed by atoms with Crippen molar-refractivity contribution in [2.75, 3.05) is 0 Å². The van der Waals surface area contributed by atoms with Crippen molar-refractivity contribution in [2.45, 2.75) is 51.2 Å². The van der Waals surface area contributed by atoms with E-state index < -0.39 is 5.97 Å². The number of hydrogen-bond donors (Lipinski definition) is 2. The average molecular weight is 235 g/mol. The summed E-state index contributed by atoms with van der Waals surface area (Å²) in [6.45, 7) is 2.74. The predicted molar refractivity (Wildman–Crippen MR) is 62.2 cm³/mol. The van der Waals surface area contributed by atoms with Gasteiger partial charge in [-0.25, -0.2) is 9.78 Å². The molecule has 5 heteroatoms. The van der Waals surface area contributed by atoms with Crippen molar-refractivity contribution in [3.05, 3.63) is 17.2 Å². The van der Waals surface area contributed by atoms with Gasteiger partial charge in [0.25, 0.3) is 0 Å². The van der Waals surface area contributed by atoms with Crippen molar-refractivity contribution in [1.82, 2.24) is 14.9 Å². The molecule has 1 atom stereocenters. The normalized spacial score (nSPS) is 23.5. The first-order valence-corrected chi connectivity index (χ1v) is 6.20. The fraction of sp³-hybridized carbons (Fsp3) is 0.667. The number of rotatable bonds is 3. The van der Waals surface area contributed by atoms with E-state index in [1.54, 1.807) is 0 Å². The van der Waals surface area contributed by atoms with Crippen molar-refractivity contribution >= 4 is 5.97 Å². The van der Waals surface area contributed by atoms with E-state index in [0.29, 0.717) is 12.1 Å². The summed E-state index contributed by atoms with van der Waals surface area (Å²) in [5.41, 5.74) is 1.14. The molecule has 5 nitrogen and oxygen atoms in total. The second-order valence-corrected chi connectivity index (χ2v) is 5.05. The predicted octanol–water partition coefficient (Wildman–Crippen LogP) is 0.957. The second-order valence-electron chi connectivity index (χ2n) is 5.05. The molecule has 2 heterocycles. The SMILES string of the molecule is Cc1nc(C(=O)O)c2n1CC(NC1CC1)CC2. The van der Waals surface area contributed by atoms with Crippen LogP contribution in [0.3, 0.4) is 0 Å². The van der Waals surface area contributed by atoms with Crippen LogP contribution in [0.2, 0.25) is 0 Å². The summed E-state index contributed by atoms with van der Waals surface area (Å²) in [4.78, 5) is 15.2. The summed E-state index contributed by atoms with van der Waals surface area (Å²) in [5.74, 6) is -0.0878. The molecule has 0 bridgehead atoms. The lowest BCUT2D eigenvalue weighted by Gasteiger charge is -2.26. The van der Waals surface area contributed by atoms with Gasteiger partial charge in [0.1, 0.15) is 5.82 Å². The van der Waals surface area contributed by atoms with Gasteiger partial charge in [-0.15, -0.1) is 0 Å². The van der Waals surface area contributed by atoms with Crippen LogP contribution in [-0.2, 0) is 13.0 Å². The second kappa shape index (κ2) is 3.84. The van der Waals surface area contributed by atoms with Crippen molar-refractivity contribution in [2.24, 2.45) is 0 Å². The van der Waals surface area contributed by atoms with Crippen LogP contribution in [0.25, 0.3) is 0 Å². The van der Waals surface area contributed by atoms with E-state index in [-0.39, 0.29) is 5.69 Å². The van der Waals surface area contributed by atoms with Gasteiger partial charge in [0.2, 0.25) is 0 Å². The van der Waals surface area contributed by atoms with Gasteiger partial charge in [-0.2, -0.15) is 0 Å². The van der Waals surface area contributed by atoms with Gasteiger partial charge in [0.15, 0.2) is 5.69 Å². The topological polar surface area (TPSA) is 67.1 Å². The molecule has 2 aliphatic rings. The smallest absolute Gasteiger partial charge is 0.356 e. The van der Waals surface area contributed by atoms with Crippen LogP contribution < -0.4 is 5.32 Å². The van der Waals surface area contributed by atoms with Crippen molar-refractivity contribution < 1.29 is 9.90 Å². The van der Waals surface area contributed by atoms with Crippen molar-refractivity contribution in [1.29, 1.82) is 0 Å². The summed E-state index contributed by atoms with van der Waals surface area (Å²) in [6, 6.07) is 1.17. The van der Waals surface area contributed by atoms with Gasteiger partial charge in [-0.05, 0) is 32.6 Å². The zero-order chi connectivity index (χ0) is 12.0. The Balaban J connectivity index is 1.83. The molecule has 0 aromatic carbocycles. The van der Waals surface area contributed by atoms with Crippen LogP contribution in [0.1, 0.15) is 41.3 Å². The standard InChI is InChI=1S/C12H17N3O2/c1-7-13-11(12(16)17)10-5-4-9(6-15(7)10)14-8-2-3-8/h8-9,14H,2-6H2,1H3,(H,16,17). The van der Waals surface area contributed by atoms with E-state index in [0.717, 1.165) is 30.9 Å². The first-order valence-electron chi connectivity index (χ1n) is 6.20. The lowest BCUT2D eigenvalue weighted by Crippen LogP contribution is -2.39. The summed E-state index contributed by atoms with van der Waals surface area (Å²) in [6.07, 6.45) is 4.40. The van der Waals surface area contributed by atoms with Crippen LogP contribution in [0, 0.1) is 6.92 Å². The first kappa shape index (κ1) is 10.8. The highest BCUT2D eigenvalue weighted by Crippen LogP contribution is 2.25. The third kappa shape index (κ3) is 1.95. The fourth-order valence-corrected chi connectivity index (χ4v) is 2.62. The number of carbonyl (C=O) groups is 1. The highest BCUT2D eigenvalue weighted by Gasteiger charge is 2.30. The van der Waals surface area contributed by atoms with Gasteiger partial charge in [-0.3, -0.25) is 0 Å². The largest absolute Gasteiger partial charge is 0.476 e. The number of fused-ring (bicyclic) bond motifs is 1. The maximum atomic E-state index is 11.1. The zero-order valence-electron chi connectivity index (χ0n) is 9.94. The van der Waals surface area contributed by atoms with Crippen molar-refractivity contribution in [3.8, 4) is 0 Å². The van der Waals surface area contributed by atoms with Crippen molar-refractivity contribution in [3.63, 3.8) is 0 Å². The summed E-state index contributed by atoms with van der Waals surface area (Å²) < 4.78 is 2.06. The van der Waals surface area contributed by atoms with E-state index in [2.05, 4.69) is 14.9 Å². The Morgan fingerprint density at radius 2 is 2.18 bits per heavy atom. The number of aryl methyl sites for hydroxylation is 1. The first-order chi connectivity index (χ1) is 8.15. The van der Waals surface area contributed by atoms with Crippen LogP contribution in [-0.4, -0.2) is 32.7 Å². The number of carboxylic acid groups (broad SMARTS) is 1. The van der Waals surface area contributed by atoms with Gasteiger partial charge in [-0.1, -0.05) is 0 Å². The molecule has 1 fully saturated rings. The maximum Gasteiger partial charge on any atom is 0.356 e. The Bertz CT molecular complexity index is 463. The van der Waals surface area contributed by atoms with Crippen LogP contribution >= 0.6 is 0 Å². The number of hydrogen-bond acceptors (Lipinski definition) is 3. The minimum absolute atomic E-state index is 0.243. The summed E-state index contributed by atoms with van der Waals surface area (Å²) >= 11 is 0. The molecule has 0 radical (unpaired) electrons. The Hall–Kier alpha value is -1.36. The van der Waals surface area contributed by atoms with Crippen LogP contribution in [0.15, 0.2) is 0 Å². The van der Waals surface area contributed by atoms with Gasteiger partial charge >= 0.3 is 5.97 Å². The number of imidazole rings is 1. The third-order valence-corrected chi connectivity index (χ3v) is 3.65. The number of aromatic carboxylic acids is 1. The summed E-state index contributed by atoms with van der Waals surface area (Å²) in [7, 11) is 0. The van der Waals surface area contributed by atoms with E-state index in [1.807, 2.05) is 6.92 Å². The molecule has 0 saturated heterocycles. The number of aromatic nitrogens is 2. The molecular weight excluding hydrogens is 218 g/mol. The Morgan fingerprint density at radius 3 is 2.82 bits per heavy atom. The molecule has 2 N–H and O–H groups in total. The molecular formula is C12H17N3O2. The number of nitrogens with one attached hydrogen (secondary N) is 1. The minimum Gasteiger partial charge on any atom is -0.476 e. The van der Waals surface area contributed by atoms with E-state index in [4.69, 9.17) is 5.11 Å². The van der Waals surface area contributed by atoms with Crippen LogP contribution in [0.5, 0.6) is 0 Å². The molecule has 92 valence electrons. The molecule has 1 aromatic heterocycles. The molecule has 1 saturated carbocycles. The number of nitrogens with zero attached hydrogens (tertiary/aromatic N) is 2. The molecule has 1 unspecified atom stereocenters. The molecule has 1 aliphatic carbocycles. The average Bonchev–Trinajstić information content (AvgIpc) is 3.03. The molecule has 0 spiro atoms. The molecule has 17 heavy (non-hydrogen) atoms. The Labute approximate surface area is 99.8 Å². The third-order valence-electron chi connectivity index (χ3n) is 3.65. The number of carboxylic acids is 1. The Kier molecular flexibility index (Phi) is 2.43. The zero-order valence-corrected chi connectivity index (χ0v) is 9.94.